The topological polar surface area (TPSA) is 24.9 Å². The standard InChI is InChI=1S/C14H16Br2N2S2/c1-3-10-7(2)19-14(18-10)12(17-8-4-5-8)11-6-9(15)13(16)20-11/h6,8,12,17H,3-5H2,1-2H3. The molecular weight excluding hydrogens is 420 g/mol. The molecule has 1 atom stereocenters. The predicted molar refractivity (Wildman–Crippen MR) is 93.9 cm³/mol. The summed E-state index contributed by atoms with van der Waals surface area (Å²) in [5.74, 6) is 0. The maximum absolute atomic E-state index is 4.86. The molecule has 1 N–H and O–H groups in total. The molecule has 1 aliphatic carbocycles. The van der Waals surface area contributed by atoms with E-state index in [1.165, 1.54) is 33.3 Å². The van der Waals surface area contributed by atoms with Gasteiger partial charge in [0.15, 0.2) is 0 Å². The van der Waals surface area contributed by atoms with E-state index in [0.717, 1.165) is 14.7 Å². The number of nitrogens with one attached hydrogen (secondary N) is 1. The number of aryl methyl sites for hydroxylation is 2. The van der Waals surface area contributed by atoms with E-state index >= 15 is 0 Å². The molecule has 2 heterocycles. The monoisotopic (exact) mass is 434 g/mol. The molecule has 1 fully saturated rings. The predicted octanol–water partition coefficient (Wildman–Crippen LogP) is 5.44. The van der Waals surface area contributed by atoms with Crippen molar-refractivity contribution in [3.63, 3.8) is 0 Å². The van der Waals surface area contributed by atoms with Gasteiger partial charge < -0.3 is 5.32 Å². The zero-order valence-electron chi connectivity index (χ0n) is 11.4. The Hall–Kier alpha value is 0.250. The Bertz CT molecular complexity index is 597. The van der Waals surface area contributed by atoms with Crippen LogP contribution in [0.25, 0.3) is 0 Å². The second-order valence-corrected chi connectivity index (χ2v) is 9.54. The Morgan fingerprint density at radius 1 is 1.40 bits per heavy atom. The molecule has 1 saturated carbocycles. The van der Waals surface area contributed by atoms with Crippen molar-refractivity contribution in [2.45, 2.75) is 45.2 Å². The molecule has 1 unspecified atom stereocenters. The average molecular weight is 436 g/mol. The summed E-state index contributed by atoms with van der Waals surface area (Å²) in [4.78, 5) is 7.53. The van der Waals surface area contributed by atoms with Crippen molar-refractivity contribution >= 4 is 54.5 Å². The Labute approximate surface area is 144 Å². The Morgan fingerprint density at radius 3 is 2.65 bits per heavy atom. The molecule has 0 aliphatic heterocycles. The summed E-state index contributed by atoms with van der Waals surface area (Å²) in [6.07, 6.45) is 3.58. The van der Waals surface area contributed by atoms with E-state index in [-0.39, 0.29) is 6.04 Å². The van der Waals surface area contributed by atoms with Gasteiger partial charge in [0.05, 0.1) is 15.5 Å². The van der Waals surface area contributed by atoms with Gasteiger partial charge >= 0.3 is 0 Å². The highest BCUT2D eigenvalue weighted by Gasteiger charge is 2.29. The Kier molecular flexibility index (Phi) is 4.67. The van der Waals surface area contributed by atoms with E-state index in [4.69, 9.17) is 4.98 Å². The van der Waals surface area contributed by atoms with E-state index in [9.17, 15) is 0 Å². The molecule has 0 bridgehead atoms. The first-order chi connectivity index (χ1) is 9.58. The van der Waals surface area contributed by atoms with Crippen LogP contribution in [-0.4, -0.2) is 11.0 Å². The highest BCUT2D eigenvalue weighted by Crippen LogP contribution is 2.40. The number of thiazole rings is 1. The van der Waals surface area contributed by atoms with Gasteiger partial charge in [-0.25, -0.2) is 4.98 Å². The van der Waals surface area contributed by atoms with Crippen LogP contribution < -0.4 is 5.32 Å². The second kappa shape index (κ2) is 6.16. The molecular formula is C14H16Br2N2S2. The highest BCUT2D eigenvalue weighted by molar-refractivity contribution is 9.13. The molecule has 6 heteroatoms. The van der Waals surface area contributed by atoms with Gasteiger partial charge in [0.2, 0.25) is 0 Å². The maximum atomic E-state index is 4.86. The van der Waals surface area contributed by atoms with Gasteiger partial charge in [-0.2, -0.15) is 0 Å². The minimum Gasteiger partial charge on any atom is -0.301 e. The fourth-order valence-corrected chi connectivity index (χ4v) is 5.49. The third kappa shape index (κ3) is 3.19. The summed E-state index contributed by atoms with van der Waals surface area (Å²) in [6, 6.07) is 3.10. The minimum absolute atomic E-state index is 0.235. The number of hydrogen-bond acceptors (Lipinski definition) is 4. The highest BCUT2D eigenvalue weighted by atomic mass is 79.9. The minimum atomic E-state index is 0.235. The van der Waals surface area contributed by atoms with Crippen LogP contribution in [0.15, 0.2) is 14.3 Å². The number of aromatic nitrogens is 1. The summed E-state index contributed by atoms with van der Waals surface area (Å²) in [5.41, 5.74) is 1.24. The van der Waals surface area contributed by atoms with Crippen molar-refractivity contribution in [1.82, 2.24) is 10.3 Å². The number of nitrogens with zero attached hydrogens (tertiary/aromatic N) is 1. The van der Waals surface area contributed by atoms with E-state index in [2.05, 4.69) is 57.1 Å². The third-order valence-corrected chi connectivity index (χ3v) is 7.82. The number of hydrogen-bond donors (Lipinski definition) is 1. The lowest BCUT2D eigenvalue weighted by atomic mass is 10.2. The van der Waals surface area contributed by atoms with Crippen LogP contribution in [0.2, 0.25) is 0 Å². The summed E-state index contributed by atoms with van der Waals surface area (Å²) < 4.78 is 2.28. The summed E-state index contributed by atoms with van der Waals surface area (Å²) in [6.45, 7) is 4.35. The van der Waals surface area contributed by atoms with Crippen molar-refractivity contribution in [1.29, 1.82) is 0 Å². The van der Waals surface area contributed by atoms with Gasteiger partial charge in [0.25, 0.3) is 0 Å². The lowest BCUT2D eigenvalue weighted by molar-refractivity contribution is 0.604. The molecule has 1 aliphatic rings. The molecule has 2 aromatic rings. The molecule has 3 rings (SSSR count). The van der Waals surface area contributed by atoms with E-state index < -0.39 is 0 Å². The lowest BCUT2D eigenvalue weighted by Gasteiger charge is -2.14. The third-order valence-electron chi connectivity index (χ3n) is 3.42. The Morgan fingerprint density at radius 2 is 2.15 bits per heavy atom. The first kappa shape index (κ1) is 15.2. The maximum Gasteiger partial charge on any atom is 0.115 e. The van der Waals surface area contributed by atoms with Crippen LogP contribution in [0.3, 0.4) is 0 Å². The molecule has 0 spiro atoms. The molecule has 0 amide bonds. The number of thiophene rings is 1. The molecule has 2 nitrogen and oxygen atoms in total. The van der Waals surface area contributed by atoms with E-state index in [0.29, 0.717) is 6.04 Å². The van der Waals surface area contributed by atoms with Gasteiger partial charge in [-0.15, -0.1) is 22.7 Å². The summed E-state index contributed by atoms with van der Waals surface area (Å²) in [5, 5.41) is 4.95. The zero-order valence-corrected chi connectivity index (χ0v) is 16.2. The molecule has 20 heavy (non-hydrogen) atoms. The molecule has 0 aromatic carbocycles. The van der Waals surface area contributed by atoms with Gasteiger partial charge in [0.1, 0.15) is 5.01 Å². The normalized spacial score (nSPS) is 16.6. The average Bonchev–Trinajstić information content (AvgIpc) is 3.08. The molecule has 0 saturated heterocycles. The lowest BCUT2D eigenvalue weighted by Crippen LogP contribution is -2.23. The van der Waals surface area contributed by atoms with Crippen LogP contribution in [0.4, 0.5) is 0 Å². The quantitative estimate of drug-likeness (QED) is 0.675. The van der Waals surface area contributed by atoms with Crippen LogP contribution >= 0.6 is 54.5 Å². The van der Waals surface area contributed by atoms with Gasteiger partial charge in [-0.3, -0.25) is 0 Å². The van der Waals surface area contributed by atoms with Crippen molar-refractivity contribution < 1.29 is 0 Å². The van der Waals surface area contributed by atoms with Crippen molar-refractivity contribution in [2.24, 2.45) is 0 Å². The summed E-state index contributed by atoms with van der Waals surface area (Å²) in [7, 11) is 0. The molecule has 108 valence electrons. The molecule has 2 aromatic heterocycles. The molecule has 0 radical (unpaired) electrons. The van der Waals surface area contributed by atoms with Crippen LogP contribution in [0.1, 0.15) is 46.3 Å². The first-order valence-electron chi connectivity index (χ1n) is 6.75. The van der Waals surface area contributed by atoms with Gasteiger partial charge in [-0.1, -0.05) is 6.92 Å². The Balaban J connectivity index is 1.95. The fourth-order valence-electron chi connectivity index (χ4n) is 2.17. The van der Waals surface area contributed by atoms with Crippen molar-refractivity contribution in [3.8, 4) is 0 Å². The fraction of sp³-hybridized carbons (Fsp3) is 0.500. The zero-order chi connectivity index (χ0) is 14.3. The van der Waals surface area contributed by atoms with Crippen LogP contribution in [0.5, 0.6) is 0 Å². The number of rotatable bonds is 5. The van der Waals surface area contributed by atoms with E-state index in [1.54, 1.807) is 11.3 Å². The van der Waals surface area contributed by atoms with Gasteiger partial charge in [0, 0.05) is 20.3 Å². The van der Waals surface area contributed by atoms with Gasteiger partial charge in [-0.05, 0) is 64.1 Å². The SMILES string of the molecule is CCc1nc(C(NC2CC2)c2cc(Br)c(Br)s2)sc1C. The van der Waals surface area contributed by atoms with Crippen LogP contribution in [-0.2, 0) is 6.42 Å². The van der Waals surface area contributed by atoms with E-state index in [1.807, 2.05) is 11.3 Å². The second-order valence-electron chi connectivity index (χ2n) is 5.05. The number of halogens is 2. The smallest absolute Gasteiger partial charge is 0.115 e. The largest absolute Gasteiger partial charge is 0.301 e. The van der Waals surface area contributed by atoms with Crippen molar-refractivity contribution in [2.75, 3.05) is 0 Å². The first-order valence-corrected chi connectivity index (χ1v) is 9.97. The summed E-state index contributed by atoms with van der Waals surface area (Å²) >= 11 is 10.8. The van der Waals surface area contributed by atoms with Crippen LogP contribution in [0, 0.1) is 6.92 Å². The van der Waals surface area contributed by atoms with Crippen molar-refractivity contribution in [3.05, 3.63) is 34.8 Å².